The van der Waals surface area contributed by atoms with Crippen LogP contribution in [0, 0.1) is 11.3 Å². The van der Waals surface area contributed by atoms with Gasteiger partial charge >= 0.3 is 0 Å². The summed E-state index contributed by atoms with van der Waals surface area (Å²) in [6.07, 6.45) is 12.3. The van der Waals surface area contributed by atoms with Crippen molar-refractivity contribution >= 4 is 8.32 Å². The lowest BCUT2D eigenvalue weighted by Crippen LogP contribution is -2.50. The molecule has 0 spiro atoms. The van der Waals surface area contributed by atoms with Gasteiger partial charge < -0.3 is 9.53 Å². The fourth-order valence-electron chi connectivity index (χ4n) is 4.42. The van der Waals surface area contributed by atoms with E-state index in [0.29, 0.717) is 5.41 Å². The van der Waals surface area contributed by atoms with E-state index in [9.17, 15) is 5.11 Å². The summed E-state index contributed by atoms with van der Waals surface area (Å²) in [5.74, 6) is 0.219. The van der Waals surface area contributed by atoms with Crippen molar-refractivity contribution in [3.05, 3.63) is 23.3 Å². The Labute approximate surface area is 169 Å². The second-order valence-corrected chi connectivity index (χ2v) is 16.0. The fraction of sp³-hybridized carbons (Fsp3) is 0.833. The van der Waals surface area contributed by atoms with Crippen molar-refractivity contribution < 1.29 is 9.53 Å². The van der Waals surface area contributed by atoms with Crippen LogP contribution in [0.1, 0.15) is 86.5 Å². The first-order valence-electron chi connectivity index (χ1n) is 11.0. The van der Waals surface area contributed by atoms with Crippen LogP contribution in [0.15, 0.2) is 23.3 Å². The predicted octanol–water partition coefficient (Wildman–Crippen LogP) is 7.01. The van der Waals surface area contributed by atoms with Gasteiger partial charge in [-0.2, -0.15) is 0 Å². The lowest BCUT2D eigenvalue weighted by molar-refractivity contribution is -0.0292. The molecule has 1 saturated carbocycles. The topological polar surface area (TPSA) is 29.5 Å². The lowest BCUT2D eigenvalue weighted by atomic mass is 9.65. The number of hydrogen-bond donors (Lipinski definition) is 1. The Hall–Kier alpha value is -0.383. The molecule has 0 radical (unpaired) electrons. The first-order valence-corrected chi connectivity index (χ1v) is 13.9. The Balaban J connectivity index is 2.29. The Morgan fingerprint density at radius 3 is 2.41 bits per heavy atom. The maximum Gasteiger partial charge on any atom is 0.192 e. The van der Waals surface area contributed by atoms with Crippen molar-refractivity contribution in [2.75, 3.05) is 0 Å². The van der Waals surface area contributed by atoms with E-state index in [-0.39, 0.29) is 23.2 Å². The number of allylic oxidation sites excluding steroid dienone is 3. The molecular weight excluding hydrogens is 348 g/mol. The van der Waals surface area contributed by atoms with E-state index in [2.05, 4.69) is 66.8 Å². The molecule has 2 rings (SSSR count). The van der Waals surface area contributed by atoms with E-state index in [1.165, 1.54) is 30.4 Å². The average Bonchev–Trinajstić information content (AvgIpc) is 2.53. The summed E-state index contributed by atoms with van der Waals surface area (Å²) in [6.45, 7) is 18.5. The van der Waals surface area contributed by atoms with E-state index in [1.807, 2.05) is 0 Å². The van der Waals surface area contributed by atoms with Gasteiger partial charge in [-0.25, -0.2) is 0 Å². The summed E-state index contributed by atoms with van der Waals surface area (Å²) in [5, 5.41) is 11.4. The molecule has 156 valence electrons. The molecule has 27 heavy (non-hydrogen) atoms. The first kappa shape index (κ1) is 22.9. The van der Waals surface area contributed by atoms with Crippen LogP contribution < -0.4 is 0 Å². The third-order valence-electron chi connectivity index (χ3n) is 7.54. The Kier molecular flexibility index (Phi) is 7.25. The number of aliphatic hydroxyl groups is 1. The Morgan fingerprint density at radius 2 is 1.78 bits per heavy atom. The molecule has 2 aliphatic carbocycles. The van der Waals surface area contributed by atoms with Gasteiger partial charge in [0.1, 0.15) is 0 Å². The highest BCUT2D eigenvalue weighted by atomic mass is 28.4. The smallest absolute Gasteiger partial charge is 0.192 e. The van der Waals surface area contributed by atoms with Crippen molar-refractivity contribution in [1.29, 1.82) is 0 Å². The highest BCUT2D eigenvalue weighted by molar-refractivity contribution is 6.74. The van der Waals surface area contributed by atoms with Crippen LogP contribution in [-0.4, -0.2) is 25.6 Å². The summed E-state index contributed by atoms with van der Waals surface area (Å²) in [6, 6.07) is 0. The summed E-state index contributed by atoms with van der Waals surface area (Å²) in [7, 11) is -1.84. The van der Waals surface area contributed by atoms with Gasteiger partial charge in [0.05, 0.1) is 12.2 Å². The summed E-state index contributed by atoms with van der Waals surface area (Å²) >= 11 is 0. The van der Waals surface area contributed by atoms with E-state index >= 15 is 0 Å². The van der Waals surface area contributed by atoms with Crippen LogP contribution in [0.3, 0.4) is 0 Å². The highest BCUT2D eigenvalue weighted by Crippen LogP contribution is 2.48. The monoisotopic (exact) mass is 392 g/mol. The number of rotatable bonds is 2. The maximum absolute atomic E-state index is 11.2. The molecule has 0 heterocycles. The van der Waals surface area contributed by atoms with E-state index < -0.39 is 8.32 Å². The summed E-state index contributed by atoms with van der Waals surface area (Å²) in [5.41, 5.74) is 3.15. The minimum Gasteiger partial charge on any atom is -0.414 e. The minimum absolute atomic E-state index is 0.192. The molecular formula is C24H44O2Si. The molecule has 0 unspecified atom stereocenters. The molecule has 1 fully saturated rings. The van der Waals surface area contributed by atoms with Crippen LogP contribution in [-0.2, 0) is 4.43 Å². The zero-order chi connectivity index (χ0) is 20.5. The van der Waals surface area contributed by atoms with Gasteiger partial charge in [0.15, 0.2) is 8.32 Å². The van der Waals surface area contributed by atoms with Gasteiger partial charge in [-0.1, -0.05) is 51.0 Å². The molecule has 4 atom stereocenters. The minimum atomic E-state index is -1.84. The molecule has 0 saturated heterocycles. The van der Waals surface area contributed by atoms with Crippen LogP contribution in [0.2, 0.25) is 18.1 Å². The zero-order valence-electron chi connectivity index (χ0n) is 19.2. The van der Waals surface area contributed by atoms with Gasteiger partial charge in [-0.3, -0.25) is 0 Å². The summed E-state index contributed by atoms with van der Waals surface area (Å²) in [4.78, 5) is 0. The lowest BCUT2D eigenvalue weighted by Gasteiger charge is -2.48. The Morgan fingerprint density at radius 1 is 1.11 bits per heavy atom. The molecule has 0 aromatic rings. The fourth-order valence-corrected chi connectivity index (χ4v) is 5.83. The average molecular weight is 393 g/mol. The molecule has 0 amide bonds. The maximum atomic E-state index is 11.2. The van der Waals surface area contributed by atoms with Crippen molar-refractivity contribution in [3.8, 4) is 0 Å². The second kappa shape index (κ2) is 8.55. The normalized spacial score (nSPS) is 38.0. The molecule has 0 aromatic carbocycles. The predicted molar refractivity (Wildman–Crippen MR) is 120 cm³/mol. The van der Waals surface area contributed by atoms with Gasteiger partial charge in [0.25, 0.3) is 0 Å². The van der Waals surface area contributed by atoms with Gasteiger partial charge in [0.2, 0.25) is 0 Å². The van der Waals surface area contributed by atoms with Crippen LogP contribution in [0.25, 0.3) is 0 Å². The molecule has 3 heteroatoms. The van der Waals surface area contributed by atoms with Gasteiger partial charge in [0, 0.05) is 5.92 Å². The van der Waals surface area contributed by atoms with Crippen molar-refractivity contribution in [2.45, 2.75) is 117 Å². The number of hydrogen-bond acceptors (Lipinski definition) is 2. The molecule has 2 nitrogen and oxygen atoms in total. The van der Waals surface area contributed by atoms with Crippen molar-refractivity contribution in [2.24, 2.45) is 11.3 Å². The molecule has 1 N–H and O–H groups in total. The molecule has 0 aliphatic heterocycles. The van der Waals surface area contributed by atoms with E-state index in [4.69, 9.17) is 4.43 Å². The standard InChI is InChI=1S/C24H44O2Si/c1-18-10-9-11-19(2)16-21(25)20-17-24(6,14-12-18)15-13-22(20)26-27(7,8)23(3,4)5/h10,16,20-22,25H,9,11-15,17H2,1-8H3/b18-10+,19-16+/t20-,21-,22-,24+/m1/s1. The molecule has 0 aromatic heterocycles. The van der Waals surface area contributed by atoms with Gasteiger partial charge in [-0.05, 0) is 82.3 Å². The second-order valence-electron chi connectivity index (χ2n) is 11.2. The van der Waals surface area contributed by atoms with Crippen molar-refractivity contribution in [1.82, 2.24) is 0 Å². The largest absolute Gasteiger partial charge is 0.414 e. The van der Waals surface area contributed by atoms with Crippen LogP contribution >= 0.6 is 0 Å². The highest BCUT2D eigenvalue weighted by Gasteiger charge is 2.46. The summed E-state index contributed by atoms with van der Waals surface area (Å²) < 4.78 is 6.86. The Bertz CT molecular complexity index is 569. The van der Waals surface area contributed by atoms with E-state index in [0.717, 1.165) is 25.7 Å². The van der Waals surface area contributed by atoms with Crippen LogP contribution in [0.5, 0.6) is 0 Å². The van der Waals surface area contributed by atoms with Crippen molar-refractivity contribution in [3.63, 3.8) is 0 Å². The van der Waals surface area contributed by atoms with Crippen LogP contribution in [0.4, 0.5) is 0 Å². The third kappa shape index (κ3) is 6.05. The SMILES string of the molecule is C/C1=C\[C@@H](O)[C@H]2C[C@@](C)(CC/C(C)=C/CC1)CC[C@H]2O[Si](C)(C)C(C)(C)C. The zero-order valence-corrected chi connectivity index (χ0v) is 20.2. The number of fused-ring (bicyclic) bond motifs is 2. The van der Waals surface area contributed by atoms with Gasteiger partial charge in [-0.15, -0.1) is 0 Å². The quantitative estimate of drug-likeness (QED) is 0.404. The third-order valence-corrected chi connectivity index (χ3v) is 12.0. The van der Waals surface area contributed by atoms with E-state index in [1.54, 1.807) is 0 Å². The molecule has 2 bridgehead atoms. The number of aliphatic hydroxyl groups excluding tert-OH is 1. The molecule has 2 aliphatic rings. The first-order chi connectivity index (χ1) is 12.3.